The van der Waals surface area contributed by atoms with Gasteiger partial charge >= 0.3 is 0 Å². The molecule has 0 saturated heterocycles. The minimum atomic E-state index is 0.0375. The zero-order chi connectivity index (χ0) is 11.5. The van der Waals surface area contributed by atoms with Crippen LogP contribution in [0.1, 0.15) is 43.1 Å². The Morgan fingerprint density at radius 3 is 2.53 bits per heavy atom. The van der Waals surface area contributed by atoms with Crippen LogP contribution in [0.2, 0.25) is 0 Å². The van der Waals surface area contributed by atoms with E-state index < -0.39 is 0 Å². The normalized spacial score (nSPS) is 11.5. The van der Waals surface area contributed by atoms with Crippen molar-refractivity contribution >= 4 is 5.78 Å². The lowest BCUT2D eigenvalue weighted by atomic mass is 9.87. The van der Waals surface area contributed by atoms with Gasteiger partial charge in [-0.1, -0.05) is 39.0 Å². The van der Waals surface area contributed by atoms with Crippen molar-refractivity contribution in [3.05, 3.63) is 35.4 Å². The van der Waals surface area contributed by atoms with Crippen LogP contribution in [0.5, 0.6) is 0 Å². The maximum absolute atomic E-state index is 11.9. The van der Waals surface area contributed by atoms with E-state index in [9.17, 15) is 4.79 Å². The first-order chi connectivity index (χ1) is 6.92. The summed E-state index contributed by atoms with van der Waals surface area (Å²) in [6, 6.07) is 7.56. The molecule has 2 N–H and O–H groups in total. The Balaban J connectivity index is 2.82. The van der Waals surface area contributed by atoms with E-state index in [-0.39, 0.29) is 11.2 Å². The number of nitrogens with two attached hydrogens (primary N) is 1. The van der Waals surface area contributed by atoms with Crippen molar-refractivity contribution in [1.29, 1.82) is 0 Å². The summed E-state index contributed by atoms with van der Waals surface area (Å²) in [5.41, 5.74) is 7.35. The number of carbonyl (C=O) groups excluding carboxylic acids is 1. The molecule has 0 aliphatic carbocycles. The van der Waals surface area contributed by atoms with Gasteiger partial charge in [0.25, 0.3) is 0 Å². The van der Waals surface area contributed by atoms with Crippen molar-refractivity contribution < 1.29 is 4.79 Å². The lowest BCUT2D eigenvalue weighted by Crippen LogP contribution is -2.13. The molecule has 0 fully saturated rings. The lowest BCUT2D eigenvalue weighted by Gasteiger charge is -2.16. The summed E-state index contributed by atoms with van der Waals surface area (Å²) in [5.74, 6) is 0.192. The molecule has 0 spiro atoms. The molecule has 0 aliphatic heterocycles. The van der Waals surface area contributed by atoms with Gasteiger partial charge in [-0.3, -0.25) is 4.79 Å². The van der Waals surface area contributed by atoms with E-state index in [1.165, 1.54) is 0 Å². The molecule has 0 radical (unpaired) electrons. The average molecular weight is 205 g/mol. The Morgan fingerprint density at radius 1 is 1.33 bits per heavy atom. The maximum atomic E-state index is 11.9. The van der Waals surface area contributed by atoms with Crippen LogP contribution in [-0.4, -0.2) is 5.78 Å². The predicted octanol–water partition coefficient (Wildman–Crippen LogP) is 2.76. The molecule has 0 bridgehead atoms. The fourth-order valence-electron chi connectivity index (χ4n) is 1.46. The van der Waals surface area contributed by atoms with Gasteiger partial charge in [0.1, 0.15) is 0 Å². The zero-order valence-electron chi connectivity index (χ0n) is 9.71. The van der Waals surface area contributed by atoms with E-state index in [2.05, 4.69) is 20.8 Å². The zero-order valence-corrected chi connectivity index (χ0v) is 9.71. The van der Waals surface area contributed by atoms with Gasteiger partial charge in [0.15, 0.2) is 5.78 Å². The molecule has 0 saturated carbocycles. The summed E-state index contributed by atoms with van der Waals surface area (Å²) >= 11 is 0. The first kappa shape index (κ1) is 11.9. The number of rotatable bonds is 3. The van der Waals surface area contributed by atoms with Crippen molar-refractivity contribution in [3.63, 3.8) is 0 Å². The molecular formula is C13H19NO. The van der Waals surface area contributed by atoms with Crippen LogP contribution < -0.4 is 5.73 Å². The minimum absolute atomic E-state index is 0.0375. The molecule has 1 aromatic carbocycles. The minimum Gasteiger partial charge on any atom is -0.326 e. The SMILES string of the molecule is CC(C)(C)CC(=O)c1cccc(CN)c1. The largest absolute Gasteiger partial charge is 0.326 e. The first-order valence-electron chi connectivity index (χ1n) is 5.24. The second-order valence-corrected chi connectivity index (χ2v) is 5.07. The average Bonchev–Trinajstić information content (AvgIpc) is 2.15. The Labute approximate surface area is 91.5 Å². The summed E-state index contributed by atoms with van der Waals surface area (Å²) in [5, 5.41) is 0. The van der Waals surface area contributed by atoms with E-state index in [0.29, 0.717) is 13.0 Å². The summed E-state index contributed by atoms with van der Waals surface area (Å²) < 4.78 is 0. The van der Waals surface area contributed by atoms with Crippen molar-refractivity contribution in [2.75, 3.05) is 0 Å². The smallest absolute Gasteiger partial charge is 0.163 e. The van der Waals surface area contributed by atoms with Crippen molar-refractivity contribution in [2.45, 2.75) is 33.7 Å². The van der Waals surface area contributed by atoms with Gasteiger partial charge in [-0.15, -0.1) is 0 Å². The maximum Gasteiger partial charge on any atom is 0.163 e. The molecule has 0 amide bonds. The predicted molar refractivity (Wildman–Crippen MR) is 62.7 cm³/mol. The van der Waals surface area contributed by atoms with E-state index in [1.807, 2.05) is 24.3 Å². The molecule has 1 rings (SSSR count). The highest BCUT2D eigenvalue weighted by Crippen LogP contribution is 2.21. The molecule has 2 nitrogen and oxygen atoms in total. The summed E-state index contributed by atoms with van der Waals surface area (Å²) in [6.45, 7) is 6.68. The third-order valence-corrected chi connectivity index (χ3v) is 2.18. The highest BCUT2D eigenvalue weighted by atomic mass is 16.1. The van der Waals surface area contributed by atoms with Crippen LogP contribution in [0, 0.1) is 5.41 Å². The Morgan fingerprint density at radius 2 is 2.00 bits per heavy atom. The van der Waals surface area contributed by atoms with Gasteiger partial charge in [-0.2, -0.15) is 0 Å². The Kier molecular flexibility index (Phi) is 3.64. The highest BCUT2D eigenvalue weighted by Gasteiger charge is 2.17. The molecule has 0 heterocycles. The third-order valence-electron chi connectivity index (χ3n) is 2.18. The van der Waals surface area contributed by atoms with Gasteiger partial charge in [0.2, 0.25) is 0 Å². The number of benzene rings is 1. The van der Waals surface area contributed by atoms with E-state index >= 15 is 0 Å². The van der Waals surface area contributed by atoms with Crippen LogP contribution >= 0.6 is 0 Å². The second-order valence-electron chi connectivity index (χ2n) is 5.07. The molecule has 0 atom stereocenters. The number of hydrogen-bond acceptors (Lipinski definition) is 2. The molecule has 0 aliphatic rings. The Hall–Kier alpha value is -1.15. The van der Waals surface area contributed by atoms with Crippen molar-refractivity contribution in [2.24, 2.45) is 11.1 Å². The van der Waals surface area contributed by atoms with E-state index in [4.69, 9.17) is 5.73 Å². The molecule has 82 valence electrons. The third kappa shape index (κ3) is 3.84. The summed E-state index contributed by atoms with van der Waals surface area (Å²) in [6.07, 6.45) is 0.570. The molecule has 1 aromatic rings. The summed E-state index contributed by atoms with van der Waals surface area (Å²) in [7, 11) is 0. The van der Waals surface area contributed by atoms with Crippen molar-refractivity contribution in [1.82, 2.24) is 0 Å². The van der Waals surface area contributed by atoms with E-state index in [0.717, 1.165) is 11.1 Å². The second kappa shape index (κ2) is 4.58. The van der Waals surface area contributed by atoms with Crippen LogP contribution in [0.15, 0.2) is 24.3 Å². The number of hydrogen-bond donors (Lipinski definition) is 1. The number of Topliss-reactive ketones (excluding diaryl/α,β-unsaturated/α-hetero) is 1. The molecule has 15 heavy (non-hydrogen) atoms. The molecular weight excluding hydrogens is 186 g/mol. The molecule has 2 heteroatoms. The highest BCUT2D eigenvalue weighted by molar-refractivity contribution is 5.96. The van der Waals surface area contributed by atoms with Gasteiger partial charge in [-0.25, -0.2) is 0 Å². The lowest BCUT2D eigenvalue weighted by molar-refractivity contribution is 0.0940. The fourth-order valence-corrected chi connectivity index (χ4v) is 1.46. The van der Waals surface area contributed by atoms with Crippen LogP contribution in [-0.2, 0) is 6.54 Å². The van der Waals surface area contributed by atoms with Crippen LogP contribution in [0.25, 0.3) is 0 Å². The summed E-state index contributed by atoms with van der Waals surface area (Å²) in [4.78, 5) is 11.9. The number of ketones is 1. The molecule has 0 unspecified atom stereocenters. The quantitative estimate of drug-likeness (QED) is 0.771. The van der Waals surface area contributed by atoms with Gasteiger partial charge < -0.3 is 5.73 Å². The van der Waals surface area contributed by atoms with Gasteiger partial charge in [0.05, 0.1) is 0 Å². The fraction of sp³-hybridized carbons (Fsp3) is 0.462. The Bertz CT molecular complexity index is 350. The van der Waals surface area contributed by atoms with Crippen LogP contribution in [0.3, 0.4) is 0 Å². The number of carbonyl (C=O) groups is 1. The topological polar surface area (TPSA) is 43.1 Å². The first-order valence-corrected chi connectivity index (χ1v) is 5.24. The van der Waals surface area contributed by atoms with Gasteiger partial charge in [0, 0.05) is 18.5 Å². The standard InChI is InChI=1S/C13H19NO/c1-13(2,3)8-12(15)11-6-4-5-10(7-11)9-14/h4-7H,8-9,14H2,1-3H3. The molecule has 0 aromatic heterocycles. The van der Waals surface area contributed by atoms with Crippen molar-refractivity contribution in [3.8, 4) is 0 Å². The van der Waals surface area contributed by atoms with Crippen LogP contribution in [0.4, 0.5) is 0 Å². The van der Waals surface area contributed by atoms with Gasteiger partial charge in [-0.05, 0) is 17.0 Å². The monoisotopic (exact) mass is 205 g/mol. The van der Waals surface area contributed by atoms with E-state index in [1.54, 1.807) is 0 Å².